The fourth-order valence-corrected chi connectivity index (χ4v) is 11.0. The predicted octanol–water partition coefficient (Wildman–Crippen LogP) is 10.2. The third-order valence-electron chi connectivity index (χ3n) is 13.5. The summed E-state index contributed by atoms with van der Waals surface area (Å²) in [5, 5.41) is 3.98. The number of alkyl carbamates (subject to hydrolysis) is 1. The Morgan fingerprint density at radius 1 is 0.566 bits per heavy atom. The fraction of sp³-hybridized carbons (Fsp3) is 0.227. The van der Waals surface area contributed by atoms with E-state index in [0.29, 0.717) is 33.4 Å². The summed E-state index contributed by atoms with van der Waals surface area (Å²) in [7, 11) is 0. The van der Waals surface area contributed by atoms with Crippen molar-refractivity contribution in [2.45, 2.75) is 74.7 Å². The smallest absolute Gasteiger partial charge is 0.408 e. The van der Waals surface area contributed by atoms with Crippen molar-refractivity contribution in [3.8, 4) is 0 Å². The summed E-state index contributed by atoms with van der Waals surface area (Å²) < 4.78 is 36.7. The van der Waals surface area contributed by atoms with Crippen molar-refractivity contribution in [3.05, 3.63) is 263 Å². The van der Waals surface area contributed by atoms with Crippen molar-refractivity contribution in [1.29, 1.82) is 0 Å². The van der Waals surface area contributed by atoms with Crippen molar-refractivity contribution >= 4 is 53.5 Å². The first-order chi connectivity index (χ1) is 40.1. The first-order valence-corrected chi connectivity index (χ1v) is 27.9. The molecule has 0 spiro atoms. The number of nitrogens with zero attached hydrogens (tertiary/aromatic N) is 1. The third-order valence-corrected chi connectivity index (χ3v) is 14.8. The first-order valence-electron chi connectivity index (χ1n) is 26.8. The van der Waals surface area contributed by atoms with Gasteiger partial charge in [-0.15, -0.1) is 11.8 Å². The van der Waals surface area contributed by atoms with Gasteiger partial charge in [-0.2, -0.15) is 0 Å². The maximum atomic E-state index is 15.8. The Balaban J connectivity index is 1.12. The van der Waals surface area contributed by atoms with Crippen molar-refractivity contribution in [1.82, 2.24) is 15.5 Å². The average Bonchev–Trinajstić information content (AvgIpc) is 0.816. The van der Waals surface area contributed by atoms with Crippen molar-refractivity contribution in [2.75, 3.05) is 19.0 Å². The molecule has 0 radical (unpaired) electrons. The summed E-state index contributed by atoms with van der Waals surface area (Å²) >= 11 is 1.03. The Labute approximate surface area is 485 Å². The van der Waals surface area contributed by atoms with Crippen LogP contribution in [0.5, 0.6) is 0 Å². The van der Waals surface area contributed by atoms with E-state index in [1.165, 1.54) is 6.92 Å². The number of nitrogens with one attached hydrogen (secondary N) is 2. The molecular formula is C66H61N3O13S. The van der Waals surface area contributed by atoms with Gasteiger partial charge < -0.3 is 39.1 Å². The summed E-state index contributed by atoms with van der Waals surface area (Å²) in [5.74, 6) is -7.63. The lowest BCUT2D eigenvalue weighted by molar-refractivity contribution is -0.202. The molecule has 1 fully saturated rings. The minimum atomic E-state index is -2.53. The van der Waals surface area contributed by atoms with Gasteiger partial charge in [0.15, 0.2) is 30.3 Å². The molecular weight excluding hydrogens is 1070 g/mol. The van der Waals surface area contributed by atoms with E-state index in [9.17, 15) is 14.4 Å². The van der Waals surface area contributed by atoms with Crippen molar-refractivity contribution < 1.29 is 62.0 Å². The lowest BCUT2D eigenvalue weighted by Crippen LogP contribution is -2.81. The standard InChI is InChI=1S/C66H61N3O13S/c1-43(70)77-40-51-42-83-63-66(62(75)69(63)54(51)61(74)81-57(49-36-22-10-23-37-49)50-38-24-11-25-39-50,68-58(71)53(44-26-12-5-13-27-44)60(73)80-56(47-32-18-8-19-33-47)48-34-20-9-21-35-48)78-41-52(67-64(76)82-65(2,3)4)59(72)79-55(45-28-14-6-15-29-45)46-30-16-7-17-31-46/h5-39,52-53,55-57,63H,40-42H2,1-4H3,(H,67,76)(H,68,71)/t52?,53?,63-,66-/m1/s1. The van der Waals surface area contributed by atoms with Gasteiger partial charge in [-0.25, -0.2) is 14.4 Å². The molecule has 2 heterocycles. The molecule has 0 aliphatic carbocycles. The second-order valence-corrected chi connectivity index (χ2v) is 21.6. The largest absolute Gasteiger partial charge is 0.461 e. The molecule has 2 aliphatic rings. The van der Waals surface area contributed by atoms with Crippen LogP contribution in [0.1, 0.15) is 90.9 Å². The fourth-order valence-electron chi connectivity index (χ4n) is 9.59. The second-order valence-electron chi connectivity index (χ2n) is 20.5. The van der Waals surface area contributed by atoms with E-state index in [0.717, 1.165) is 16.7 Å². The lowest BCUT2D eigenvalue weighted by atomic mass is 9.93. The number of rotatable bonds is 21. The normalized spacial score (nSPS) is 16.4. The van der Waals surface area contributed by atoms with E-state index in [1.807, 2.05) is 36.4 Å². The molecule has 0 aromatic heterocycles. The summed E-state index contributed by atoms with van der Waals surface area (Å²) in [5.41, 5.74) is 0.118. The average molecular weight is 1140 g/mol. The molecule has 83 heavy (non-hydrogen) atoms. The van der Waals surface area contributed by atoms with E-state index in [2.05, 4.69) is 10.6 Å². The van der Waals surface area contributed by atoms with Gasteiger partial charge in [-0.3, -0.25) is 24.1 Å². The van der Waals surface area contributed by atoms with E-state index in [1.54, 1.807) is 197 Å². The van der Waals surface area contributed by atoms with Crippen LogP contribution in [0.4, 0.5) is 4.79 Å². The van der Waals surface area contributed by atoms with E-state index < -0.39 is 102 Å². The number of thioether (sulfide) groups is 1. The molecule has 17 heteroatoms. The maximum Gasteiger partial charge on any atom is 0.408 e. The molecule has 4 atom stereocenters. The van der Waals surface area contributed by atoms with Crippen LogP contribution in [-0.2, 0) is 57.2 Å². The Kier molecular flexibility index (Phi) is 18.6. The molecule has 2 N–H and O–H groups in total. The number of hydrogen-bond acceptors (Lipinski definition) is 14. The lowest BCUT2D eigenvalue weighted by Gasteiger charge is -2.56. The number of carbonyl (C=O) groups is 7. The number of benzene rings is 7. The van der Waals surface area contributed by atoms with E-state index in [-0.39, 0.29) is 22.6 Å². The molecule has 0 bridgehead atoms. The number of β-lactam (4-membered cyclic amide) rings is 1. The first kappa shape index (κ1) is 58.3. The molecule has 3 amide bonds. The second kappa shape index (κ2) is 26.5. The van der Waals surface area contributed by atoms with Crippen LogP contribution < -0.4 is 10.6 Å². The molecule has 1 saturated heterocycles. The van der Waals surface area contributed by atoms with Crippen molar-refractivity contribution in [2.24, 2.45) is 0 Å². The summed E-state index contributed by atoms with van der Waals surface area (Å²) in [4.78, 5) is 103. The van der Waals surface area contributed by atoms with Crippen LogP contribution in [0.3, 0.4) is 0 Å². The molecule has 7 aromatic rings. The highest BCUT2D eigenvalue weighted by atomic mass is 32.2. The number of ether oxygens (including phenoxy) is 6. The zero-order valence-electron chi connectivity index (χ0n) is 46.0. The number of fused-ring (bicyclic) bond motifs is 1. The molecule has 424 valence electrons. The highest BCUT2D eigenvalue weighted by molar-refractivity contribution is 8.00. The van der Waals surface area contributed by atoms with Gasteiger partial charge in [0, 0.05) is 18.2 Å². The third kappa shape index (κ3) is 14.1. The van der Waals surface area contributed by atoms with Crippen LogP contribution in [0.2, 0.25) is 0 Å². The van der Waals surface area contributed by atoms with Gasteiger partial charge in [0.2, 0.25) is 5.91 Å². The summed E-state index contributed by atoms with van der Waals surface area (Å²) in [6.45, 7) is 4.82. The van der Waals surface area contributed by atoms with Gasteiger partial charge in [-0.1, -0.05) is 212 Å². The molecule has 16 nitrogen and oxygen atoms in total. The van der Waals surface area contributed by atoms with Crippen LogP contribution in [-0.4, -0.2) is 88.4 Å². The molecule has 2 aliphatic heterocycles. The molecule has 9 rings (SSSR count). The SMILES string of the molecule is CC(=O)OCC1=C(C(=O)OC(c2ccccc2)c2ccccc2)N2C(=O)[C@@](NC(=O)C(C(=O)OC(c3ccccc3)c3ccccc3)c3ccccc3)(OCC(NC(=O)OC(C)(C)C)C(=O)OC(c3ccccc3)c3ccccc3)[C@H]2SC1. The molecule has 7 aromatic carbocycles. The maximum absolute atomic E-state index is 15.8. The van der Waals surface area contributed by atoms with E-state index >= 15 is 19.2 Å². The van der Waals surface area contributed by atoms with E-state index in [4.69, 9.17) is 28.4 Å². The Morgan fingerprint density at radius 3 is 1.35 bits per heavy atom. The van der Waals surface area contributed by atoms with Gasteiger partial charge in [-0.05, 0) is 59.7 Å². The number of esters is 4. The van der Waals surface area contributed by atoms with Gasteiger partial charge in [0.05, 0.1) is 6.61 Å². The monoisotopic (exact) mass is 1140 g/mol. The van der Waals surface area contributed by atoms with Crippen LogP contribution >= 0.6 is 11.8 Å². The Bertz CT molecular complexity index is 3310. The number of amides is 3. The van der Waals surface area contributed by atoms with Gasteiger partial charge >= 0.3 is 30.0 Å². The van der Waals surface area contributed by atoms with Crippen LogP contribution in [0.25, 0.3) is 0 Å². The molecule has 0 saturated carbocycles. The van der Waals surface area contributed by atoms with Crippen LogP contribution in [0, 0.1) is 0 Å². The topological polar surface area (TPSA) is 202 Å². The Morgan fingerprint density at radius 2 is 0.952 bits per heavy atom. The molecule has 2 unspecified atom stereocenters. The van der Waals surface area contributed by atoms with Crippen LogP contribution in [0.15, 0.2) is 224 Å². The quantitative estimate of drug-likeness (QED) is 0.0226. The zero-order valence-corrected chi connectivity index (χ0v) is 46.8. The number of hydrogen-bond donors (Lipinski definition) is 2. The number of carbonyl (C=O) groups excluding carboxylic acids is 7. The minimum absolute atomic E-state index is 0.0913. The van der Waals surface area contributed by atoms with Gasteiger partial charge in [0.25, 0.3) is 11.6 Å². The van der Waals surface area contributed by atoms with Crippen molar-refractivity contribution in [3.63, 3.8) is 0 Å². The highest BCUT2D eigenvalue weighted by Gasteiger charge is 2.68. The van der Waals surface area contributed by atoms with Gasteiger partial charge in [0.1, 0.15) is 23.3 Å². The summed E-state index contributed by atoms with van der Waals surface area (Å²) in [6, 6.07) is 60.0. The highest BCUT2D eigenvalue weighted by Crippen LogP contribution is 2.48. The zero-order chi connectivity index (χ0) is 58.5. The predicted molar refractivity (Wildman–Crippen MR) is 308 cm³/mol. The summed E-state index contributed by atoms with van der Waals surface area (Å²) in [6.07, 6.45) is -4.03. The minimum Gasteiger partial charge on any atom is -0.461 e. The Hall–Kier alpha value is -9.32.